The van der Waals surface area contributed by atoms with Crippen LogP contribution in [0.15, 0.2) is 0 Å². The van der Waals surface area contributed by atoms with Gasteiger partial charge in [-0.1, -0.05) is 20.3 Å². The van der Waals surface area contributed by atoms with Crippen LogP contribution in [0.5, 0.6) is 0 Å². The van der Waals surface area contributed by atoms with E-state index in [1.807, 2.05) is 13.8 Å². The third kappa shape index (κ3) is 9.89. The highest BCUT2D eigenvalue weighted by Crippen LogP contribution is 2.21. The van der Waals surface area contributed by atoms with Gasteiger partial charge in [0.25, 0.3) is 0 Å². The molecule has 0 fully saturated rings. The van der Waals surface area contributed by atoms with Crippen LogP contribution in [0, 0.1) is 16.7 Å². The normalized spacial score (nSPS) is 14.2. The zero-order valence-corrected chi connectivity index (χ0v) is 16.4. The molecule has 0 aromatic carbocycles. The largest absolute Gasteiger partial charge is 0.396 e. The average Bonchev–Trinajstić information content (AvgIpc) is 2.56. The number of hydrogen-bond acceptors (Lipinski definition) is 7. The van der Waals surface area contributed by atoms with E-state index in [1.54, 1.807) is 0 Å². The van der Waals surface area contributed by atoms with Crippen molar-refractivity contribution in [2.24, 2.45) is 16.7 Å². The monoisotopic (exact) mass is 364 g/mol. The lowest BCUT2D eigenvalue weighted by atomic mass is 9.93. The molecule has 0 heterocycles. The van der Waals surface area contributed by atoms with Gasteiger partial charge < -0.3 is 25.2 Å². The highest BCUT2D eigenvalue weighted by Gasteiger charge is 2.36. The number of ether oxygens (including phenoxy) is 1. The molecular formula is C18H36O7. The molecule has 2 atom stereocenters. The SMILES string of the molecule is CC(C)(CO)C(=O)OC(=O)C(C)(C)CO.CCCC(O)C(CC)CO. The van der Waals surface area contributed by atoms with E-state index in [0.29, 0.717) is 0 Å². The standard InChI is InChI=1S/C10H18O5.C8H18O2/c1-9(2,5-11)7(13)15-8(14)10(3,4)6-12;1-3-5-8(10)7(4-2)6-9/h11-12H,5-6H2,1-4H3;7-10H,3-6H2,1-2H3. The van der Waals surface area contributed by atoms with Crippen molar-refractivity contribution in [2.75, 3.05) is 19.8 Å². The molecule has 7 nitrogen and oxygen atoms in total. The summed E-state index contributed by atoms with van der Waals surface area (Å²) in [6, 6.07) is 0. The summed E-state index contributed by atoms with van der Waals surface area (Å²) in [6.45, 7) is 9.19. The molecule has 0 saturated heterocycles. The maximum absolute atomic E-state index is 11.4. The van der Waals surface area contributed by atoms with Gasteiger partial charge in [0.1, 0.15) is 0 Å². The second kappa shape index (κ2) is 12.4. The van der Waals surface area contributed by atoms with Crippen molar-refractivity contribution in [3.05, 3.63) is 0 Å². The summed E-state index contributed by atoms with van der Waals surface area (Å²) in [5, 5.41) is 35.9. The summed E-state index contributed by atoms with van der Waals surface area (Å²) in [5.41, 5.74) is -2.22. The summed E-state index contributed by atoms with van der Waals surface area (Å²) in [5.74, 6) is -1.51. The molecule has 4 N–H and O–H groups in total. The lowest BCUT2D eigenvalue weighted by Gasteiger charge is -2.23. The van der Waals surface area contributed by atoms with Gasteiger partial charge in [-0.15, -0.1) is 0 Å². The van der Waals surface area contributed by atoms with E-state index >= 15 is 0 Å². The van der Waals surface area contributed by atoms with E-state index in [0.717, 1.165) is 19.3 Å². The quantitative estimate of drug-likeness (QED) is 0.358. The first-order valence-electron chi connectivity index (χ1n) is 8.70. The lowest BCUT2D eigenvalue weighted by Crippen LogP contribution is -2.38. The Balaban J connectivity index is 0. The van der Waals surface area contributed by atoms with Crippen molar-refractivity contribution >= 4 is 11.9 Å². The van der Waals surface area contributed by atoms with Crippen LogP contribution in [0.25, 0.3) is 0 Å². The molecule has 0 bridgehead atoms. The van der Waals surface area contributed by atoms with Gasteiger partial charge >= 0.3 is 11.9 Å². The Morgan fingerprint density at radius 2 is 1.32 bits per heavy atom. The molecule has 0 aromatic heterocycles. The van der Waals surface area contributed by atoms with E-state index in [2.05, 4.69) is 4.74 Å². The van der Waals surface area contributed by atoms with Gasteiger partial charge in [0.2, 0.25) is 0 Å². The van der Waals surface area contributed by atoms with Crippen LogP contribution in [-0.2, 0) is 14.3 Å². The number of carbonyl (C=O) groups is 2. The predicted octanol–water partition coefficient (Wildman–Crippen LogP) is 1.26. The van der Waals surface area contributed by atoms with Gasteiger partial charge in [-0.3, -0.25) is 9.59 Å². The molecule has 0 aliphatic rings. The van der Waals surface area contributed by atoms with Gasteiger partial charge in [0.05, 0.1) is 30.1 Å². The van der Waals surface area contributed by atoms with Crippen LogP contribution in [0.2, 0.25) is 0 Å². The Hall–Kier alpha value is -1.02. The first-order chi connectivity index (χ1) is 11.4. The van der Waals surface area contributed by atoms with Crippen LogP contribution in [0.4, 0.5) is 0 Å². The molecule has 0 aromatic rings. The molecule has 0 radical (unpaired) electrons. The summed E-state index contributed by atoms with van der Waals surface area (Å²) >= 11 is 0. The molecule has 25 heavy (non-hydrogen) atoms. The van der Waals surface area contributed by atoms with Crippen LogP contribution < -0.4 is 0 Å². The van der Waals surface area contributed by atoms with Crippen molar-refractivity contribution in [3.63, 3.8) is 0 Å². The van der Waals surface area contributed by atoms with Crippen molar-refractivity contribution < 1.29 is 34.8 Å². The number of esters is 2. The molecule has 0 rings (SSSR count). The minimum absolute atomic E-state index is 0.0833. The molecule has 0 aliphatic carbocycles. The summed E-state index contributed by atoms with van der Waals surface area (Å²) in [7, 11) is 0. The maximum Gasteiger partial charge on any atom is 0.321 e. The Kier molecular flexibility index (Phi) is 13.0. The smallest absolute Gasteiger partial charge is 0.321 e. The second-order valence-electron chi connectivity index (χ2n) is 7.47. The molecule has 0 saturated carbocycles. The van der Waals surface area contributed by atoms with E-state index in [4.69, 9.17) is 15.3 Å². The van der Waals surface area contributed by atoms with E-state index < -0.39 is 36.0 Å². The molecular weight excluding hydrogens is 328 g/mol. The van der Waals surface area contributed by atoms with Crippen molar-refractivity contribution in [3.8, 4) is 0 Å². The first-order valence-corrected chi connectivity index (χ1v) is 8.70. The maximum atomic E-state index is 11.4. The molecule has 0 spiro atoms. The lowest BCUT2D eigenvalue weighted by molar-refractivity contribution is -0.174. The average molecular weight is 364 g/mol. The Labute approximate surface area is 151 Å². The second-order valence-corrected chi connectivity index (χ2v) is 7.47. The van der Waals surface area contributed by atoms with E-state index in [9.17, 15) is 14.7 Å². The van der Waals surface area contributed by atoms with Gasteiger partial charge in [0, 0.05) is 12.5 Å². The molecule has 150 valence electrons. The third-order valence-corrected chi connectivity index (χ3v) is 3.97. The highest BCUT2D eigenvalue weighted by atomic mass is 16.6. The van der Waals surface area contributed by atoms with Gasteiger partial charge in [-0.2, -0.15) is 0 Å². The van der Waals surface area contributed by atoms with Crippen LogP contribution in [-0.4, -0.2) is 58.3 Å². The number of hydrogen-bond donors (Lipinski definition) is 4. The molecule has 0 aliphatic heterocycles. The fourth-order valence-electron chi connectivity index (χ4n) is 1.54. The fourth-order valence-corrected chi connectivity index (χ4v) is 1.54. The Morgan fingerprint density at radius 3 is 1.56 bits per heavy atom. The summed E-state index contributed by atoms with van der Waals surface area (Å²) in [6.07, 6.45) is 2.34. The summed E-state index contributed by atoms with van der Waals surface area (Å²) in [4.78, 5) is 22.8. The number of aliphatic hydroxyl groups excluding tert-OH is 4. The fraction of sp³-hybridized carbons (Fsp3) is 0.889. The number of aliphatic hydroxyl groups is 4. The van der Waals surface area contributed by atoms with Crippen molar-refractivity contribution in [1.29, 1.82) is 0 Å². The van der Waals surface area contributed by atoms with Crippen LogP contribution >= 0.6 is 0 Å². The Bertz CT molecular complexity index is 361. The molecule has 0 amide bonds. The third-order valence-electron chi connectivity index (χ3n) is 3.97. The van der Waals surface area contributed by atoms with Crippen molar-refractivity contribution in [1.82, 2.24) is 0 Å². The number of carbonyl (C=O) groups excluding carboxylic acids is 2. The molecule has 7 heteroatoms. The minimum Gasteiger partial charge on any atom is -0.396 e. The zero-order chi connectivity index (χ0) is 20.3. The first kappa shape index (κ1) is 26.2. The van der Waals surface area contributed by atoms with Crippen LogP contribution in [0.3, 0.4) is 0 Å². The van der Waals surface area contributed by atoms with E-state index in [-0.39, 0.29) is 18.6 Å². The Morgan fingerprint density at radius 1 is 0.920 bits per heavy atom. The van der Waals surface area contributed by atoms with Crippen molar-refractivity contribution in [2.45, 2.75) is 66.9 Å². The predicted molar refractivity (Wildman–Crippen MR) is 94.6 cm³/mol. The van der Waals surface area contributed by atoms with Gasteiger partial charge in [-0.05, 0) is 40.5 Å². The van der Waals surface area contributed by atoms with Crippen LogP contribution in [0.1, 0.15) is 60.8 Å². The zero-order valence-electron chi connectivity index (χ0n) is 16.4. The minimum atomic E-state index is -1.11. The van der Waals surface area contributed by atoms with Gasteiger partial charge in [-0.25, -0.2) is 0 Å². The summed E-state index contributed by atoms with van der Waals surface area (Å²) < 4.78 is 4.56. The number of rotatable bonds is 9. The van der Waals surface area contributed by atoms with Gasteiger partial charge in [0.15, 0.2) is 0 Å². The highest BCUT2D eigenvalue weighted by molar-refractivity contribution is 5.90. The van der Waals surface area contributed by atoms with E-state index in [1.165, 1.54) is 27.7 Å². The molecule has 2 unspecified atom stereocenters. The topological polar surface area (TPSA) is 124 Å².